The minimum atomic E-state index is -0.842. The summed E-state index contributed by atoms with van der Waals surface area (Å²) >= 11 is 0. The number of halogens is 1. The number of hydrogen-bond donors (Lipinski definition) is 1. The third kappa shape index (κ3) is 4.62. The molecular formula is C25H27FN2O6. The fourth-order valence-electron chi connectivity index (χ4n) is 4.32. The predicted molar refractivity (Wildman–Crippen MR) is 122 cm³/mol. The summed E-state index contributed by atoms with van der Waals surface area (Å²) in [7, 11) is 3.01. The van der Waals surface area contributed by atoms with E-state index in [0.29, 0.717) is 36.8 Å². The molecule has 1 unspecified atom stereocenters. The molecule has 0 bridgehead atoms. The van der Waals surface area contributed by atoms with Gasteiger partial charge >= 0.3 is 0 Å². The van der Waals surface area contributed by atoms with Gasteiger partial charge in [0.1, 0.15) is 11.6 Å². The quantitative estimate of drug-likeness (QED) is 0.378. The molecule has 1 N–H and O–H groups in total. The van der Waals surface area contributed by atoms with Crippen LogP contribution in [0.2, 0.25) is 0 Å². The van der Waals surface area contributed by atoms with E-state index in [4.69, 9.17) is 14.2 Å². The van der Waals surface area contributed by atoms with E-state index in [1.165, 1.54) is 43.4 Å². The standard InChI is InChI=1S/C25H27FN2O6/c1-32-19-8-5-17(15-20(19)33-2)22-21(23(29)16-3-6-18(26)7-4-16)24(30)25(31)28(22)10-9-27-11-13-34-14-12-27/h3-8,15,22,29H,9-14H2,1-2H3/b23-21-. The van der Waals surface area contributed by atoms with Gasteiger partial charge in [-0.3, -0.25) is 14.5 Å². The summed E-state index contributed by atoms with van der Waals surface area (Å²) in [4.78, 5) is 29.9. The number of carbonyl (C=O) groups is 2. The highest BCUT2D eigenvalue weighted by Gasteiger charge is 2.46. The third-order valence-electron chi connectivity index (χ3n) is 6.14. The van der Waals surface area contributed by atoms with E-state index in [-0.39, 0.29) is 23.4 Å². The van der Waals surface area contributed by atoms with Crippen molar-refractivity contribution >= 4 is 17.4 Å². The van der Waals surface area contributed by atoms with Crippen LogP contribution in [0.4, 0.5) is 4.39 Å². The fourth-order valence-corrected chi connectivity index (χ4v) is 4.32. The maximum Gasteiger partial charge on any atom is 0.295 e. The van der Waals surface area contributed by atoms with E-state index in [1.54, 1.807) is 18.2 Å². The number of benzene rings is 2. The number of carbonyl (C=O) groups excluding carboxylic acids is 2. The second kappa shape index (κ2) is 10.2. The molecule has 34 heavy (non-hydrogen) atoms. The molecular weight excluding hydrogens is 443 g/mol. The topological polar surface area (TPSA) is 88.5 Å². The molecule has 2 aromatic rings. The van der Waals surface area contributed by atoms with Crippen LogP contribution in [0.1, 0.15) is 17.2 Å². The lowest BCUT2D eigenvalue weighted by molar-refractivity contribution is -0.140. The zero-order valence-corrected chi connectivity index (χ0v) is 19.1. The first kappa shape index (κ1) is 23.7. The Balaban J connectivity index is 1.77. The number of hydrogen-bond acceptors (Lipinski definition) is 7. The van der Waals surface area contributed by atoms with Crippen LogP contribution in [0, 0.1) is 5.82 Å². The molecule has 2 fully saturated rings. The summed E-state index contributed by atoms with van der Waals surface area (Å²) in [5.74, 6) is -1.39. The van der Waals surface area contributed by atoms with Crippen LogP contribution >= 0.6 is 0 Å². The SMILES string of the molecule is COc1ccc(C2/C(=C(/O)c3ccc(F)cc3)C(=O)C(=O)N2CCN2CCOCC2)cc1OC. The van der Waals surface area contributed by atoms with Crippen molar-refractivity contribution < 1.29 is 33.3 Å². The highest BCUT2D eigenvalue weighted by atomic mass is 19.1. The summed E-state index contributed by atoms with van der Waals surface area (Å²) in [5.41, 5.74) is 0.784. The van der Waals surface area contributed by atoms with Crippen molar-refractivity contribution in [3.8, 4) is 11.5 Å². The van der Waals surface area contributed by atoms with Gasteiger partial charge < -0.3 is 24.2 Å². The van der Waals surface area contributed by atoms with Gasteiger partial charge in [-0.25, -0.2) is 4.39 Å². The largest absolute Gasteiger partial charge is 0.507 e. The van der Waals surface area contributed by atoms with Gasteiger partial charge in [-0.05, 0) is 42.0 Å². The minimum absolute atomic E-state index is 0.0502. The third-order valence-corrected chi connectivity index (χ3v) is 6.14. The second-order valence-corrected chi connectivity index (χ2v) is 8.07. The van der Waals surface area contributed by atoms with E-state index in [2.05, 4.69) is 4.90 Å². The van der Waals surface area contributed by atoms with Crippen LogP contribution in [0.3, 0.4) is 0 Å². The molecule has 9 heteroatoms. The lowest BCUT2D eigenvalue weighted by Gasteiger charge is -2.31. The zero-order chi connectivity index (χ0) is 24.2. The number of amides is 1. The Morgan fingerprint density at radius 2 is 1.71 bits per heavy atom. The Morgan fingerprint density at radius 3 is 2.35 bits per heavy atom. The number of aliphatic hydroxyl groups excluding tert-OH is 1. The van der Waals surface area contributed by atoms with Crippen LogP contribution in [0.25, 0.3) is 5.76 Å². The van der Waals surface area contributed by atoms with Crippen molar-refractivity contribution in [2.75, 3.05) is 53.6 Å². The number of morpholine rings is 1. The smallest absolute Gasteiger partial charge is 0.295 e. The molecule has 2 heterocycles. The van der Waals surface area contributed by atoms with Gasteiger partial charge in [0.15, 0.2) is 11.5 Å². The van der Waals surface area contributed by atoms with Gasteiger partial charge in [-0.1, -0.05) is 6.07 Å². The van der Waals surface area contributed by atoms with Gasteiger partial charge in [0.25, 0.3) is 11.7 Å². The Bertz CT molecular complexity index is 1100. The Morgan fingerprint density at radius 1 is 1.03 bits per heavy atom. The highest BCUT2D eigenvalue weighted by Crippen LogP contribution is 2.41. The van der Waals surface area contributed by atoms with Gasteiger partial charge in [-0.15, -0.1) is 0 Å². The number of ketones is 1. The molecule has 0 radical (unpaired) electrons. The number of methoxy groups -OCH3 is 2. The minimum Gasteiger partial charge on any atom is -0.507 e. The van der Waals surface area contributed by atoms with Crippen LogP contribution in [0.5, 0.6) is 11.5 Å². The van der Waals surface area contributed by atoms with Crippen molar-refractivity contribution in [1.29, 1.82) is 0 Å². The molecule has 2 saturated heterocycles. The van der Waals surface area contributed by atoms with Gasteiger partial charge in [0.2, 0.25) is 0 Å². The summed E-state index contributed by atoms with van der Waals surface area (Å²) in [6, 6.07) is 9.39. The summed E-state index contributed by atoms with van der Waals surface area (Å²) in [6.07, 6.45) is 0. The Labute approximate surface area is 197 Å². The molecule has 0 aromatic heterocycles. The van der Waals surface area contributed by atoms with E-state index < -0.39 is 23.5 Å². The number of ether oxygens (including phenoxy) is 3. The Kier molecular flexibility index (Phi) is 7.14. The Hall–Kier alpha value is -3.43. The molecule has 2 aromatic carbocycles. The van der Waals surface area contributed by atoms with Crippen molar-refractivity contribution in [2.24, 2.45) is 0 Å². The highest BCUT2D eigenvalue weighted by molar-refractivity contribution is 6.46. The van der Waals surface area contributed by atoms with Gasteiger partial charge in [0.05, 0.1) is 39.0 Å². The fraction of sp³-hybridized carbons (Fsp3) is 0.360. The first-order valence-electron chi connectivity index (χ1n) is 11.0. The monoisotopic (exact) mass is 470 g/mol. The summed E-state index contributed by atoms with van der Waals surface area (Å²) < 4.78 is 29.6. The lowest BCUT2D eigenvalue weighted by Crippen LogP contribution is -2.42. The average molecular weight is 470 g/mol. The van der Waals surface area contributed by atoms with Crippen LogP contribution < -0.4 is 9.47 Å². The van der Waals surface area contributed by atoms with Crippen molar-refractivity contribution in [3.63, 3.8) is 0 Å². The van der Waals surface area contributed by atoms with Crippen molar-refractivity contribution in [3.05, 3.63) is 65.0 Å². The van der Waals surface area contributed by atoms with Crippen LogP contribution in [-0.2, 0) is 14.3 Å². The molecule has 1 atom stereocenters. The molecule has 0 aliphatic carbocycles. The molecule has 0 saturated carbocycles. The molecule has 2 aliphatic heterocycles. The van der Waals surface area contributed by atoms with E-state index in [1.807, 2.05) is 0 Å². The van der Waals surface area contributed by atoms with Crippen LogP contribution in [0.15, 0.2) is 48.0 Å². The first-order valence-corrected chi connectivity index (χ1v) is 11.0. The van der Waals surface area contributed by atoms with E-state index in [0.717, 1.165) is 13.1 Å². The zero-order valence-electron chi connectivity index (χ0n) is 19.1. The molecule has 4 rings (SSSR count). The van der Waals surface area contributed by atoms with E-state index >= 15 is 0 Å². The molecule has 1 amide bonds. The van der Waals surface area contributed by atoms with Crippen molar-refractivity contribution in [2.45, 2.75) is 6.04 Å². The molecule has 180 valence electrons. The number of nitrogens with zero attached hydrogens (tertiary/aromatic N) is 2. The number of likely N-dealkylation sites (tertiary alicyclic amines) is 1. The number of Topliss-reactive ketones (excluding diaryl/α,β-unsaturated/α-hetero) is 1. The maximum absolute atomic E-state index is 13.4. The summed E-state index contributed by atoms with van der Waals surface area (Å²) in [6.45, 7) is 3.53. The molecule has 2 aliphatic rings. The second-order valence-electron chi connectivity index (χ2n) is 8.07. The average Bonchev–Trinajstić information content (AvgIpc) is 3.12. The van der Waals surface area contributed by atoms with E-state index in [9.17, 15) is 19.1 Å². The summed E-state index contributed by atoms with van der Waals surface area (Å²) in [5, 5.41) is 11.1. The lowest BCUT2D eigenvalue weighted by atomic mass is 9.95. The predicted octanol–water partition coefficient (Wildman–Crippen LogP) is 2.60. The number of aliphatic hydroxyl groups is 1. The van der Waals surface area contributed by atoms with Gasteiger partial charge in [-0.2, -0.15) is 0 Å². The normalized spacial score (nSPS) is 20.6. The van der Waals surface area contributed by atoms with Crippen LogP contribution in [-0.4, -0.2) is 80.2 Å². The number of rotatable bonds is 7. The molecule has 0 spiro atoms. The maximum atomic E-state index is 13.4. The first-order chi connectivity index (χ1) is 16.4. The molecule has 8 nitrogen and oxygen atoms in total. The van der Waals surface area contributed by atoms with Crippen molar-refractivity contribution in [1.82, 2.24) is 9.80 Å². The van der Waals surface area contributed by atoms with Gasteiger partial charge in [0, 0.05) is 31.7 Å².